The van der Waals surface area contributed by atoms with Crippen molar-refractivity contribution in [3.05, 3.63) is 30.1 Å². The number of rotatable bonds is 3. The molecule has 2 unspecified atom stereocenters. The molecule has 13 heavy (non-hydrogen) atoms. The minimum atomic E-state index is -1.59. The normalized spacial score (nSPS) is 14.9. The minimum Gasteiger partial charge on any atom is -0.479 e. The number of aromatic nitrogens is 1. The van der Waals surface area contributed by atoms with Gasteiger partial charge in [-0.15, -0.1) is 0 Å². The van der Waals surface area contributed by atoms with Gasteiger partial charge in [-0.2, -0.15) is 0 Å². The molecule has 1 aromatic heterocycles. The molecule has 0 amide bonds. The zero-order valence-electron chi connectivity index (χ0n) is 6.79. The van der Waals surface area contributed by atoms with Crippen LogP contribution in [-0.4, -0.2) is 27.3 Å². The average molecular weight is 182 g/mol. The zero-order valence-corrected chi connectivity index (χ0v) is 6.79. The van der Waals surface area contributed by atoms with E-state index in [0.29, 0.717) is 5.56 Å². The quantitative estimate of drug-likeness (QED) is 0.587. The molecule has 0 saturated carbocycles. The van der Waals surface area contributed by atoms with E-state index in [1.807, 2.05) is 0 Å². The molecular formula is C8H10N2O3. The van der Waals surface area contributed by atoms with Gasteiger partial charge in [0.1, 0.15) is 0 Å². The third kappa shape index (κ3) is 2.24. The summed E-state index contributed by atoms with van der Waals surface area (Å²) in [5, 5.41) is 17.6. The topological polar surface area (TPSA) is 96.4 Å². The summed E-state index contributed by atoms with van der Waals surface area (Å²) in [5.41, 5.74) is 5.97. The van der Waals surface area contributed by atoms with Crippen LogP contribution in [0, 0.1) is 0 Å². The van der Waals surface area contributed by atoms with Crippen molar-refractivity contribution in [1.29, 1.82) is 0 Å². The fourth-order valence-electron chi connectivity index (χ4n) is 0.909. The Morgan fingerprint density at radius 2 is 2.31 bits per heavy atom. The highest BCUT2D eigenvalue weighted by molar-refractivity contribution is 5.73. The first-order valence-electron chi connectivity index (χ1n) is 3.69. The van der Waals surface area contributed by atoms with Crippen LogP contribution in [0.25, 0.3) is 0 Å². The second-order valence-electron chi connectivity index (χ2n) is 2.60. The van der Waals surface area contributed by atoms with E-state index in [1.165, 1.54) is 6.20 Å². The second kappa shape index (κ2) is 3.97. The van der Waals surface area contributed by atoms with Crippen LogP contribution in [0.4, 0.5) is 0 Å². The number of pyridine rings is 1. The Hall–Kier alpha value is -1.46. The van der Waals surface area contributed by atoms with Crippen molar-refractivity contribution in [3.63, 3.8) is 0 Å². The first kappa shape index (κ1) is 9.63. The molecule has 0 aliphatic heterocycles. The number of aliphatic carboxylic acids is 1. The van der Waals surface area contributed by atoms with Gasteiger partial charge in [-0.3, -0.25) is 4.98 Å². The van der Waals surface area contributed by atoms with Crippen molar-refractivity contribution in [3.8, 4) is 0 Å². The fraction of sp³-hybridized carbons (Fsp3) is 0.250. The summed E-state index contributed by atoms with van der Waals surface area (Å²) in [4.78, 5) is 14.1. The first-order valence-corrected chi connectivity index (χ1v) is 3.69. The van der Waals surface area contributed by atoms with Crippen LogP contribution in [0.2, 0.25) is 0 Å². The van der Waals surface area contributed by atoms with Crippen molar-refractivity contribution >= 4 is 5.97 Å². The molecule has 1 aromatic rings. The van der Waals surface area contributed by atoms with Gasteiger partial charge >= 0.3 is 5.97 Å². The molecule has 1 heterocycles. The van der Waals surface area contributed by atoms with Gasteiger partial charge in [-0.25, -0.2) is 4.79 Å². The van der Waals surface area contributed by atoms with Crippen LogP contribution in [0.5, 0.6) is 0 Å². The largest absolute Gasteiger partial charge is 0.479 e. The highest BCUT2D eigenvalue weighted by Crippen LogP contribution is 2.12. The van der Waals surface area contributed by atoms with Crippen molar-refractivity contribution in [2.75, 3.05) is 0 Å². The van der Waals surface area contributed by atoms with Crippen LogP contribution in [-0.2, 0) is 4.79 Å². The number of hydrogen-bond donors (Lipinski definition) is 3. The van der Waals surface area contributed by atoms with E-state index < -0.39 is 18.1 Å². The zero-order chi connectivity index (χ0) is 9.84. The van der Waals surface area contributed by atoms with Crippen molar-refractivity contribution < 1.29 is 15.0 Å². The SMILES string of the molecule is NC(c1cccnc1)C(O)C(=O)O. The second-order valence-corrected chi connectivity index (χ2v) is 2.60. The molecule has 1 rings (SSSR count). The Labute approximate surface area is 74.8 Å². The number of carboxylic acids is 1. The van der Waals surface area contributed by atoms with Crippen molar-refractivity contribution in [2.24, 2.45) is 5.73 Å². The number of aliphatic hydroxyl groups excluding tert-OH is 1. The summed E-state index contributed by atoms with van der Waals surface area (Å²) >= 11 is 0. The van der Waals surface area contributed by atoms with Crippen molar-refractivity contribution in [1.82, 2.24) is 4.98 Å². The predicted molar refractivity (Wildman–Crippen MR) is 44.8 cm³/mol. The van der Waals surface area contributed by atoms with Crippen LogP contribution >= 0.6 is 0 Å². The minimum absolute atomic E-state index is 0.498. The average Bonchev–Trinajstić information content (AvgIpc) is 2.17. The van der Waals surface area contributed by atoms with E-state index in [9.17, 15) is 4.79 Å². The maximum absolute atomic E-state index is 10.4. The van der Waals surface area contributed by atoms with Gasteiger partial charge in [0.2, 0.25) is 0 Å². The van der Waals surface area contributed by atoms with Gasteiger partial charge in [0.15, 0.2) is 6.10 Å². The Morgan fingerprint density at radius 1 is 1.62 bits per heavy atom. The molecule has 0 aromatic carbocycles. The number of hydrogen-bond acceptors (Lipinski definition) is 4. The molecule has 70 valence electrons. The van der Waals surface area contributed by atoms with Gasteiger partial charge in [0.25, 0.3) is 0 Å². The monoisotopic (exact) mass is 182 g/mol. The summed E-state index contributed by atoms with van der Waals surface area (Å²) in [5.74, 6) is -1.34. The smallest absolute Gasteiger partial charge is 0.334 e. The number of nitrogens with zero attached hydrogens (tertiary/aromatic N) is 1. The summed E-state index contributed by atoms with van der Waals surface area (Å²) < 4.78 is 0. The Balaban J connectivity index is 2.79. The Bertz CT molecular complexity index is 289. The number of carboxylic acid groups (broad SMARTS) is 1. The van der Waals surface area contributed by atoms with Gasteiger partial charge in [-0.1, -0.05) is 6.07 Å². The van der Waals surface area contributed by atoms with Crippen LogP contribution in [0.15, 0.2) is 24.5 Å². The van der Waals surface area contributed by atoms with Crippen LogP contribution in [0.1, 0.15) is 11.6 Å². The fourth-order valence-corrected chi connectivity index (χ4v) is 0.909. The van der Waals surface area contributed by atoms with E-state index in [4.69, 9.17) is 15.9 Å². The molecule has 0 aliphatic rings. The van der Waals surface area contributed by atoms with E-state index in [2.05, 4.69) is 4.98 Å². The molecule has 0 bridgehead atoms. The standard InChI is InChI=1S/C8H10N2O3/c9-6(7(11)8(12)13)5-2-1-3-10-4-5/h1-4,6-7,11H,9H2,(H,12,13). The summed E-state index contributed by atoms with van der Waals surface area (Å²) in [6.45, 7) is 0. The third-order valence-corrected chi connectivity index (χ3v) is 1.66. The highest BCUT2D eigenvalue weighted by Gasteiger charge is 2.23. The summed E-state index contributed by atoms with van der Waals surface area (Å²) in [6.07, 6.45) is 1.38. The molecule has 5 heteroatoms. The molecule has 0 fully saturated rings. The molecule has 5 nitrogen and oxygen atoms in total. The van der Waals surface area contributed by atoms with E-state index in [-0.39, 0.29) is 0 Å². The molecule has 2 atom stereocenters. The lowest BCUT2D eigenvalue weighted by molar-refractivity contribution is -0.147. The third-order valence-electron chi connectivity index (χ3n) is 1.66. The predicted octanol–water partition coefficient (Wildman–Crippen LogP) is -0.473. The first-order chi connectivity index (χ1) is 6.13. The lowest BCUT2D eigenvalue weighted by Crippen LogP contribution is -2.33. The lowest BCUT2D eigenvalue weighted by Gasteiger charge is -2.14. The van der Waals surface area contributed by atoms with Gasteiger partial charge in [-0.05, 0) is 11.6 Å². The van der Waals surface area contributed by atoms with E-state index >= 15 is 0 Å². The maximum Gasteiger partial charge on any atom is 0.334 e. The molecular weight excluding hydrogens is 172 g/mol. The molecule has 0 radical (unpaired) electrons. The summed E-state index contributed by atoms with van der Waals surface area (Å²) in [7, 11) is 0. The number of aliphatic hydroxyl groups is 1. The number of nitrogens with two attached hydrogens (primary N) is 1. The maximum atomic E-state index is 10.4. The van der Waals surface area contributed by atoms with Crippen LogP contribution < -0.4 is 5.73 Å². The highest BCUT2D eigenvalue weighted by atomic mass is 16.4. The molecule has 4 N–H and O–H groups in total. The van der Waals surface area contributed by atoms with Gasteiger partial charge < -0.3 is 15.9 Å². The van der Waals surface area contributed by atoms with E-state index in [0.717, 1.165) is 0 Å². The van der Waals surface area contributed by atoms with Crippen LogP contribution in [0.3, 0.4) is 0 Å². The summed E-state index contributed by atoms with van der Waals surface area (Å²) in [6, 6.07) is 2.30. The Kier molecular flexibility index (Phi) is 2.94. The lowest BCUT2D eigenvalue weighted by atomic mass is 10.1. The van der Waals surface area contributed by atoms with Crippen molar-refractivity contribution in [2.45, 2.75) is 12.1 Å². The number of carbonyl (C=O) groups is 1. The molecule has 0 spiro atoms. The Morgan fingerprint density at radius 3 is 2.77 bits per heavy atom. The molecule has 0 aliphatic carbocycles. The van der Waals surface area contributed by atoms with Gasteiger partial charge in [0, 0.05) is 12.4 Å². The molecule has 0 saturated heterocycles. The van der Waals surface area contributed by atoms with Gasteiger partial charge in [0.05, 0.1) is 6.04 Å². The van der Waals surface area contributed by atoms with E-state index in [1.54, 1.807) is 18.3 Å².